The minimum atomic E-state index is -0.0381. The van der Waals surface area contributed by atoms with Gasteiger partial charge in [-0.1, -0.05) is 12.6 Å². The van der Waals surface area contributed by atoms with Crippen molar-refractivity contribution in [3.05, 3.63) is 72.5 Å². The maximum atomic E-state index is 11.9. The van der Waals surface area contributed by atoms with E-state index in [1.54, 1.807) is 10.7 Å². The van der Waals surface area contributed by atoms with Crippen LogP contribution < -0.4 is 15.5 Å². The molecule has 1 fully saturated rings. The van der Waals surface area contributed by atoms with Crippen molar-refractivity contribution in [3.63, 3.8) is 0 Å². The molecule has 1 amide bonds. The van der Waals surface area contributed by atoms with E-state index in [9.17, 15) is 4.79 Å². The summed E-state index contributed by atoms with van der Waals surface area (Å²) >= 11 is 0. The first-order chi connectivity index (χ1) is 17.1. The van der Waals surface area contributed by atoms with Gasteiger partial charge in [0.05, 0.1) is 23.8 Å². The second kappa shape index (κ2) is 8.39. The van der Waals surface area contributed by atoms with Crippen molar-refractivity contribution in [2.24, 2.45) is 0 Å². The van der Waals surface area contributed by atoms with Gasteiger partial charge >= 0.3 is 0 Å². The van der Waals surface area contributed by atoms with Crippen molar-refractivity contribution in [1.82, 2.24) is 34.8 Å². The smallest absolute Gasteiger partial charge is 0.251 e. The van der Waals surface area contributed by atoms with Crippen LogP contribution in [0.4, 0.5) is 17.3 Å². The minimum absolute atomic E-state index is 0.0381. The highest BCUT2D eigenvalue weighted by Gasteiger charge is 2.21. The monoisotopic (exact) mass is 467 g/mol. The van der Waals surface area contributed by atoms with Gasteiger partial charge in [-0.3, -0.25) is 4.79 Å². The Hall–Kier alpha value is -4.47. The number of nitrogens with zero attached hydrogens (tertiary/aromatic N) is 7. The third kappa shape index (κ3) is 3.82. The van der Waals surface area contributed by atoms with Gasteiger partial charge in [-0.25, -0.2) is 19.5 Å². The summed E-state index contributed by atoms with van der Waals surface area (Å²) in [5, 5.41) is 10.6. The standard InChI is InChI=1S/C25H25N9O/c1-16(2)32-7-9-33(10-8-32)22-6-4-19(13-26-22)31-23-24-29-15-30-34(24)21(14-27-23)17-3-5-20-18(11-17)12-28-25(20)35/h3-6,11,13-15H,1,7-10,12H2,2H3,(H,27,31)(H,28,35). The maximum Gasteiger partial charge on any atom is 0.251 e. The highest BCUT2D eigenvalue weighted by molar-refractivity contribution is 5.98. The van der Waals surface area contributed by atoms with Crippen LogP contribution in [0.1, 0.15) is 22.8 Å². The molecule has 2 aliphatic heterocycles. The number of piperazine rings is 1. The highest BCUT2D eigenvalue weighted by atomic mass is 16.1. The van der Waals surface area contributed by atoms with Crippen LogP contribution in [0.2, 0.25) is 0 Å². The Morgan fingerprint density at radius 1 is 1.06 bits per heavy atom. The predicted octanol–water partition coefficient (Wildman–Crippen LogP) is 2.83. The lowest BCUT2D eigenvalue weighted by Crippen LogP contribution is -2.45. The van der Waals surface area contributed by atoms with Gasteiger partial charge in [0, 0.05) is 49.5 Å². The van der Waals surface area contributed by atoms with Crippen molar-refractivity contribution in [1.29, 1.82) is 0 Å². The van der Waals surface area contributed by atoms with Crippen LogP contribution >= 0.6 is 0 Å². The number of fused-ring (bicyclic) bond motifs is 2. The minimum Gasteiger partial charge on any atom is -0.372 e. The van der Waals surface area contributed by atoms with Gasteiger partial charge in [0.2, 0.25) is 0 Å². The molecule has 5 heterocycles. The molecule has 1 saturated heterocycles. The topological polar surface area (TPSA) is 104 Å². The Morgan fingerprint density at radius 3 is 2.69 bits per heavy atom. The number of carbonyl (C=O) groups excluding carboxylic acids is 1. The summed E-state index contributed by atoms with van der Waals surface area (Å²) in [7, 11) is 0. The van der Waals surface area contributed by atoms with Gasteiger partial charge < -0.3 is 20.4 Å². The summed E-state index contributed by atoms with van der Waals surface area (Å²) < 4.78 is 1.75. The first-order valence-corrected chi connectivity index (χ1v) is 11.6. The molecule has 1 aromatic carbocycles. The second-order valence-electron chi connectivity index (χ2n) is 8.78. The molecule has 0 aliphatic carbocycles. The first-order valence-electron chi connectivity index (χ1n) is 11.6. The molecular formula is C25H25N9O. The normalized spacial score (nSPS) is 15.3. The number of nitrogens with one attached hydrogen (secondary N) is 2. The molecule has 10 heteroatoms. The van der Waals surface area contributed by atoms with Gasteiger partial charge in [0.25, 0.3) is 5.91 Å². The number of carbonyl (C=O) groups is 1. The Morgan fingerprint density at radius 2 is 1.91 bits per heavy atom. The summed E-state index contributed by atoms with van der Waals surface area (Å²) in [6, 6.07) is 9.77. The van der Waals surface area contributed by atoms with E-state index in [-0.39, 0.29) is 5.91 Å². The Balaban J connectivity index is 1.22. The molecule has 0 radical (unpaired) electrons. The lowest BCUT2D eigenvalue weighted by Gasteiger charge is -2.36. The predicted molar refractivity (Wildman–Crippen MR) is 134 cm³/mol. The number of pyridine rings is 1. The van der Waals surface area contributed by atoms with Crippen molar-refractivity contribution in [3.8, 4) is 11.3 Å². The third-order valence-corrected chi connectivity index (χ3v) is 6.54. The van der Waals surface area contributed by atoms with E-state index >= 15 is 0 Å². The van der Waals surface area contributed by atoms with Crippen molar-refractivity contribution in [2.75, 3.05) is 36.4 Å². The molecule has 176 valence electrons. The van der Waals surface area contributed by atoms with Crippen LogP contribution in [0, 0.1) is 0 Å². The number of hydrogen-bond acceptors (Lipinski definition) is 8. The largest absolute Gasteiger partial charge is 0.372 e. The number of amides is 1. The lowest BCUT2D eigenvalue weighted by atomic mass is 10.0. The Labute approximate surface area is 202 Å². The van der Waals surface area contributed by atoms with E-state index in [0.29, 0.717) is 23.6 Å². The van der Waals surface area contributed by atoms with Gasteiger partial charge in [-0.05, 0) is 36.8 Å². The number of rotatable bonds is 5. The summed E-state index contributed by atoms with van der Waals surface area (Å²) in [4.78, 5) is 30.2. The second-order valence-corrected chi connectivity index (χ2v) is 8.78. The fourth-order valence-corrected chi connectivity index (χ4v) is 4.59. The quantitative estimate of drug-likeness (QED) is 0.462. The fourth-order valence-electron chi connectivity index (χ4n) is 4.59. The van der Waals surface area contributed by atoms with E-state index in [1.165, 1.54) is 6.33 Å². The van der Waals surface area contributed by atoms with Crippen LogP contribution in [-0.2, 0) is 6.54 Å². The zero-order valence-corrected chi connectivity index (χ0v) is 19.4. The molecule has 3 aromatic heterocycles. The van der Waals surface area contributed by atoms with Crippen LogP contribution in [-0.4, -0.2) is 61.6 Å². The van der Waals surface area contributed by atoms with Crippen LogP contribution in [0.15, 0.2) is 61.3 Å². The number of benzene rings is 1. The molecule has 0 spiro atoms. The molecule has 4 aromatic rings. The molecule has 2 aliphatic rings. The number of allylic oxidation sites excluding steroid dienone is 1. The maximum absolute atomic E-state index is 11.9. The average molecular weight is 468 g/mol. The number of hydrogen-bond donors (Lipinski definition) is 2. The van der Waals surface area contributed by atoms with Crippen molar-refractivity contribution in [2.45, 2.75) is 13.5 Å². The van der Waals surface area contributed by atoms with E-state index in [4.69, 9.17) is 0 Å². The van der Waals surface area contributed by atoms with Crippen molar-refractivity contribution >= 4 is 28.9 Å². The molecule has 0 bridgehead atoms. The highest BCUT2D eigenvalue weighted by Crippen LogP contribution is 2.28. The van der Waals surface area contributed by atoms with Crippen LogP contribution in [0.25, 0.3) is 16.9 Å². The summed E-state index contributed by atoms with van der Waals surface area (Å²) in [5.41, 5.74) is 5.94. The molecule has 10 nitrogen and oxygen atoms in total. The van der Waals surface area contributed by atoms with Crippen LogP contribution in [0.5, 0.6) is 0 Å². The Bertz CT molecular complexity index is 1440. The summed E-state index contributed by atoms with van der Waals surface area (Å²) in [5.74, 6) is 1.51. The van der Waals surface area contributed by atoms with Gasteiger partial charge in [-0.15, -0.1) is 0 Å². The molecule has 0 atom stereocenters. The van der Waals surface area contributed by atoms with Gasteiger partial charge in [0.15, 0.2) is 11.5 Å². The lowest BCUT2D eigenvalue weighted by molar-refractivity contribution is 0.0965. The van der Waals surface area contributed by atoms with E-state index in [0.717, 1.165) is 60.2 Å². The zero-order chi connectivity index (χ0) is 23.9. The average Bonchev–Trinajstić information content (AvgIpc) is 3.52. The van der Waals surface area contributed by atoms with Gasteiger partial charge in [0.1, 0.15) is 12.1 Å². The summed E-state index contributed by atoms with van der Waals surface area (Å²) in [6.45, 7) is 10.4. The van der Waals surface area contributed by atoms with Crippen LogP contribution in [0.3, 0.4) is 0 Å². The van der Waals surface area contributed by atoms with Crippen molar-refractivity contribution < 1.29 is 4.79 Å². The zero-order valence-electron chi connectivity index (χ0n) is 19.4. The number of anilines is 3. The third-order valence-electron chi connectivity index (χ3n) is 6.54. The molecule has 35 heavy (non-hydrogen) atoms. The molecule has 0 saturated carbocycles. The summed E-state index contributed by atoms with van der Waals surface area (Å²) in [6.07, 6.45) is 5.09. The molecule has 2 N–H and O–H groups in total. The van der Waals surface area contributed by atoms with Gasteiger partial charge in [-0.2, -0.15) is 5.10 Å². The van der Waals surface area contributed by atoms with E-state index in [1.807, 2.05) is 43.5 Å². The molecular weight excluding hydrogens is 442 g/mol. The number of aromatic nitrogens is 5. The SMILES string of the molecule is C=C(C)N1CCN(c2ccc(Nc3ncc(-c4ccc5c(c4)CNC5=O)n4ncnc34)cn2)CC1. The molecule has 6 rings (SSSR count). The molecule has 0 unspecified atom stereocenters. The first kappa shape index (κ1) is 21.1. The Kier molecular flexibility index (Phi) is 5.05. The van der Waals surface area contributed by atoms with E-state index in [2.05, 4.69) is 47.1 Å². The fraction of sp³-hybridized carbons (Fsp3) is 0.240. The van der Waals surface area contributed by atoms with E-state index < -0.39 is 0 Å².